The van der Waals surface area contributed by atoms with Gasteiger partial charge in [-0.2, -0.15) is 0 Å². The normalized spacial score (nSPS) is 18.5. The minimum atomic E-state index is -3.04. The van der Waals surface area contributed by atoms with E-state index in [1.807, 2.05) is 38.4 Å². The molecule has 0 aliphatic carbocycles. The Morgan fingerprint density at radius 1 is 1.07 bits per heavy atom. The summed E-state index contributed by atoms with van der Waals surface area (Å²) in [4.78, 5) is 10.3. The van der Waals surface area contributed by atoms with Crippen LogP contribution in [0.2, 0.25) is 0 Å². The first-order valence-corrected chi connectivity index (χ1v) is 15.9. The molecule has 1 fully saturated rings. The molecule has 0 saturated carbocycles. The Hall–Kier alpha value is -3.89. The van der Waals surface area contributed by atoms with Crippen LogP contribution in [0.15, 0.2) is 60.8 Å². The third-order valence-corrected chi connectivity index (χ3v) is 9.98. The van der Waals surface area contributed by atoms with E-state index in [9.17, 15) is 8.42 Å². The highest BCUT2D eigenvalue weighted by Crippen LogP contribution is 2.41. The van der Waals surface area contributed by atoms with E-state index in [4.69, 9.17) is 14.7 Å². The molecule has 0 bridgehead atoms. The van der Waals surface area contributed by atoms with Gasteiger partial charge in [-0.3, -0.25) is 4.98 Å². The number of sulfone groups is 1. The summed E-state index contributed by atoms with van der Waals surface area (Å²) < 4.78 is 34.2. The van der Waals surface area contributed by atoms with E-state index < -0.39 is 9.84 Å². The Morgan fingerprint density at radius 3 is 2.59 bits per heavy atom. The highest BCUT2D eigenvalue weighted by Gasteiger charge is 2.31. The average Bonchev–Trinajstić information content (AvgIpc) is 3.49. The predicted octanol–water partition coefficient (Wildman–Crippen LogP) is 4.91. The van der Waals surface area contributed by atoms with Crippen molar-refractivity contribution in [2.45, 2.75) is 32.2 Å². The standard InChI is InChI=1S/C31H32N6O3S/c1-20-29(36(2)35-34-20)24-18-27-28(32-19-24)25-8-9-26(21-12-16-41(38,39)17-13-21)33-31(25)37(27)30(22-6-4-3-5-7-22)23-10-14-40-15-11-23/h3-9,12,18-19,23,30H,10-11,13-17H2,1-2H3/t30-/m1/s1. The Kier molecular flexibility index (Phi) is 6.47. The van der Waals surface area contributed by atoms with Crippen molar-refractivity contribution in [3.05, 3.63) is 77.8 Å². The first-order valence-electron chi connectivity index (χ1n) is 14.1. The van der Waals surface area contributed by atoms with Gasteiger partial charge < -0.3 is 9.30 Å². The summed E-state index contributed by atoms with van der Waals surface area (Å²) in [5, 5.41) is 9.47. The molecule has 41 heavy (non-hydrogen) atoms. The maximum atomic E-state index is 12.1. The second kappa shape index (κ2) is 10.2. The third-order valence-electron chi connectivity index (χ3n) is 8.48. The molecule has 0 N–H and O–H groups in total. The number of hydrogen-bond acceptors (Lipinski definition) is 7. The molecule has 0 amide bonds. The Labute approximate surface area is 238 Å². The summed E-state index contributed by atoms with van der Waals surface area (Å²) in [5.74, 6) is 0.556. The SMILES string of the molecule is Cc1nnn(C)c1-c1cnc2c3ccc(C4=CCS(=O)(=O)CC4)nc3n([C@H](c3ccccc3)C3CCOCC3)c2c1. The molecule has 0 unspecified atom stereocenters. The summed E-state index contributed by atoms with van der Waals surface area (Å²) in [5.41, 5.74) is 8.50. The van der Waals surface area contributed by atoms with Gasteiger partial charge in [-0.05, 0) is 61.4 Å². The van der Waals surface area contributed by atoms with E-state index in [-0.39, 0.29) is 17.5 Å². The minimum absolute atomic E-state index is 0.0198. The lowest BCUT2D eigenvalue weighted by atomic mass is 9.86. The van der Waals surface area contributed by atoms with Gasteiger partial charge in [0.2, 0.25) is 0 Å². The number of rotatable bonds is 5. The first-order chi connectivity index (χ1) is 19.9. The molecule has 2 aliphatic rings. The van der Waals surface area contributed by atoms with Gasteiger partial charge in [0.15, 0.2) is 9.84 Å². The molecule has 1 atom stereocenters. The van der Waals surface area contributed by atoms with E-state index in [0.717, 1.165) is 76.3 Å². The smallest absolute Gasteiger partial charge is 0.154 e. The number of ether oxygens (including phenoxy) is 1. The summed E-state index contributed by atoms with van der Waals surface area (Å²) >= 11 is 0. The van der Waals surface area contributed by atoms with E-state index in [1.165, 1.54) is 5.56 Å². The number of nitrogens with zero attached hydrogens (tertiary/aromatic N) is 6. The zero-order valence-electron chi connectivity index (χ0n) is 23.2. The third kappa shape index (κ3) is 4.64. The monoisotopic (exact) mass is 568 g/mol. The van der Waals surface area contributed by atoms with Crippen LogP contribution in [0.5, 0.6) is 0 Å². The summed E-state index contributed by atoms with van der Waals surface area (Å²) in [6.45, 7) is 3.42. The van der Waals surface area contributed by atoms with Crippen molar-refractivity contribution >= 4 is 37.5 Å². The molecule has 7 rings (SSSR count). The molecule has 1 aromatic carbocycles. The van der Waals surface area contributed by atoms with Crippen molar-refractivity contribution in [2.75, 3.05) is 24.7 Å². The lowest BCUT2D eigenvalue weighted by molar-refractivity contribution is 0.0552. The molecular formula is C31H32N6O3S. The van der Waals surface area contributed by atoms with Crippen LogP contribution in [-0.2, 0) is 21.6 Å². The molecule has 0 radical (unpaired) electrons. The molecule has 4 aromatic heterocycles. The van der Waals surface area contributed by atoms with Gasteiger partial charge in [0.25, 0.3) is 0 Å². The van der Waals surface area contributed by atoms with Crippen LogP contribution in [0.4, 0.5) is 0 Å². The van der Waals surface area contributed by atoms with Crippen molar-refractivity contribution in [3.8, 4) is 11.3 Å². The highest BCUT2D eigenvalue weighted by atomic mass is 32.2. The number of allylic oxidation sites excluding steroid dienone is 1. The van der Waals surface area contributed by atoms with Crippen molar-refractivity contribution in [1.82, 2.24) is 29.5 Å². The summed E-state index contributed by atoms with van der Waals surface area (Å²) in [6, 6.07) is 16.9. The van der Waals surface area contributed by atoms with E-state index in [0.29, 0.717) is 12.3 Å². The number of fused-ring (bicyclic) bond motifs is 3. The van der Waals surface area contributed by atoms with E-state index >= 15 is 0 Å². The molecule has 5 aromatic rings. The molecule has 2 aliphatic heterocycles. The van der Waals surface area contributed by atoms with Crippen LogP contribution in [0.25, 0.3) is 38.9 Å². The molecular weight excluding hydrogens is 536 g/mol. The molecule has 1 saturated heterocycles. The van der Waals surface area contributed by atoms with Crippen molar-refractivity contribution in [1.29, 1.82) is 0 Å². The minimum Gasteiger partial charge on any atom is -0.381 e. The van der Waals surface area contributed by atoms with Gasteiger partial charge in [0.05, 0.1) is 45.7 Å². The Morgan fingerprint density at radius 2 is 1.88 bits per heavy atom. The maximum Gasteiger partial charge on any atom is 0.154 e. The lowest BCUT2D eigenvalue weighted by Crippen LogP contribution is -2.27. The Bertz CT molecular complexity index is 1880. The van der Waals surface area contributed by atoms with Gasteiger partial charge in [-0.15, -0.1) is 5.10 Å². The number of aryl methyl sites for hydroxylation is 2. The van der Waals surface area contributed by atoms with Crippen LogP contribution < -0.4 is 0 Å². The number of benzene rings is 1. The largest absolute Gasteiger partial charge is 0.381 e. The fourth-order valence-electron chi connectivity index (χ4n) is 6.45. The van der Waals surface area contributed by atoms with Crippen molar-refractivity contribution < 1.29 is 13.2 Å². The summed E-state index contributed by atoms with van der Waals surface area (Å²) in [6.07, 6.45) is 6.08. The highest BCUT2D eigenvalue weighted by molar-refractivity contribution is 7.91. The first kappa shape index (κ1) is 26.0. The second-order valence-corrected chi connectivity index (χ2v) is 13.3. The molecule has 210 valence electrons. The topological polar surface area (TPSA) is 105 Å². The fraction of sp³-hybridized carbons (Fsp3) is 0.355. The molecule has 10 heteroatoms. The van der Waals surface area contributed by atoms with Crippen LogP contribution >= 0.6 is 0 Å². The van der Waals surface area contributed by atoms with Crippen molar-refractivity contribution in [2.24, 2.45) is 13.0 Å². The quantitative estimate of drug-likeness (QED) is 0.297. The van der Waals surface area contributed by atoms with Crippen LogP contribution in [0, 0.1) is 12.8 Å². The number of aromatic nitrogens is 6. The predicted molar refractivity (Wildman–Crippen MR) is 159 cm³/mol. The van der Waals surface area contributed by atoms with Gasteiger partial charge in [0, 0.05) is 37.4 Å². The van der Waals surface area contributed by atoms with Gasteiger partial charge in [-0.1, -0.05) is 41.6 Å². The summed E-state index contributed by atoms with van der Waals surface area (Å²) in [7, 11) is -1.14. The molecule has 0 spiro atoms. The van der Waals surface area contributed by atoms with E-state index in [2.05, 4.69) is 51.3 Å². The van der Waals surface area contributed by atoms with E-state index in [1.54, 1.807) is 4.68 Å². The number of pyridine rings is 2. The van der Waals surface area contributed by atoms with Crippen LogP contribution in [-0.4, -0.2) is 62.7 Å². The lowest BCUT2D eigenvalue weighted by Gasteiger charge is -2.33. The van der Waals surface area contributed by atoms with Crippen LogP contribution in [0.1, 0.15) is 42.3 Å². The second-order valence-electron chi connectivity index (χ2n) is 11.1. The van der Waals surface area contributed by atoms with Crippen LogP contribution in [0.3, 0.4) is 0 Å². The van der Waals surface area contributed by atoms with Crippen molar-refractivity contribution in [3.63, 3.8) is 0 Å². The zero-order chi connectivity index (χ0) is 28.1. The van der Waals surface area contributed by atoms with Gasteiger partial charge >= 0.3 is 0 Å². The molecule has 6 heterocycles. The maximum absolute atomic E-state index is 12.1. The zero-order valence-corrected chi connectivity index (χ0v) is 24.0. The fourth-order valence-corrected chi connectivity index (χ4v) is 7.60. The van der Waals surface area contributed by atoms with Gasteiger partial charge in [-0.25, -0.2) is 18.1 Å². The molecule has 9 nitrogen and oxygen atoms in total. The average molecular weight is 569 g/mol. The number of hydrogen-bond donors (Lipinski definition) is 0. The van der Waals surface area contributed by atoms with Gasteiger partial charge in [0.1, 0.15) is 5.65 Å². The Balaban J connectivity index is 1.51.